The number of nitrogens with zero attached hydrogens (tertiary/aromatic N) is 2. The summed E-state index contributed by atoms with van der Waals surface area (Å²) in [6.45, 7) is 0.487. The molecule has 0 saturated heterocycles. The molecule has 1 aliphatic rings. The van der Waals surface area contributed by atoms with E-state index in [1.165, 1.54) is 0 Å². The molecular formula is C18H21F3N4O2. The van der Waals surface area contributed by atoms with Crippen molar-refractivity contribution < 1.29 is 22.8 Å². The zero-order valence-corrected chi connectivity index (χ0v) is 14.6. The molecule has 146 valence electrons. The van der Waals surface area contributed by atoms with Gasteiger partial charge in [-0.1, -0.05) is 6.07 Å². The third kappa shape index (κ3) is 5.70. The first-order valence-corrected chi connectivity index (χ1v) is 8.84. The zero-order valence-electron chi connectivity index (χ0n) is 14.6. The number of halogens is 3. The van der Waals surface area contributed by atoms with E-state index in [-0.39, 0.29) is 24.3 Å². The van der Waals surface area contributed by atoms with Gasteiger partial charge in [0.25, 0.3) is 0 Å². The highest BCUT2D eigenvalue weighted by Crippen LogP contribution is 2.27. The first kappa shape index (κ1) is 19.2. The summed E-state index contributed by atoms with van der Waals surface area (Å²) < 4.78 is 38.1. The molecule has 2 amide bonds. The standard InChI is InChI=1S/C18H21F3N4O2/c19-18(20,21)5-4-16(26)24-13-7-12(8-13)10-22-17(27)9-14-11-25-6-2-1-3-15(25)23-14/h1-3,6,11-13H,4-5,7-10H2,(H,22,27)(H,24,26). The van der Waals surface area contributed by atoms with Crippen molar-refractivity contribution in [3.05, 3.63) is 36.3 Å². The van der Waals surface area contributed by atoms with E-state index < -0.39 is 24.9 Å². The molecule has 2 N–H and O–H groups in total. The van der Waals surface area contributed by atoms with Gasteiger partial charge in [0.15, 0.2) is 0 Å². The fourth-order valence-corrected chi connectivity index (χ4v) is 3.13. The van der Waals surface area contributed by atoms with Gasteiger partial charge >= 0.3 is 6.18 Å². The minimum Gasteiger partial charge on any atom is -0.355 e. The Kier molecular flexibility index (Phi) is 5.67. The van der Waals surface area contributed by atoms with Crippen LogP contribution in [0, 0.1) is 5.92 Å². The van der Waals surface area contributed by atoms with Gasteiger partial charge in [-0.25, -0.2) is 4.98 Å². The maximum Gasteiger partial charge on any atom is 0.389 e. The van der Waals surface area contributed by atoms with Gasteiger partial charge in [0.2, 0.25) is 11.8 Å². The number of fused-ring (bicyclic) bond motifs is 1. The molecule has 0 aliphatic heterocycles. The fourth-order valence-electron chi connectivity index (χ4n) is 3.13. The number of carbonyl (C=O) groups excluding carboxylic acids is 2. The Labute approximate surface area is 154 Å². The van der Waals surface area contributed by atoms with Crippen molar-refractivity contribution >= 4 is 17.5 Å². The number of nitrogens with one attached hydrogen (secondary N) is 2. The summed E-state index contributed by atoms with van der Waals surface area (Å²) in [5.74, 6) is -0.481. The number of imidazole rings is 1. The number of amides is 2. The summed E-state index contributed by atoms with van der Waals surface area (Å²) in [4.78, 5) is 27.9. The number of carbonyl (C=O) groups is 2. The van der Waals surface area contributed by atoms with E-state index in [9.17, 15) is 22.8 Å². The van der Waals surface area contributed by atoms with Crippen molar-refractivity contribution in [3.63, 3.8) is 0 Å². The Morgan fingerprint density at radius 3 is 2.70 bits per heavy atom. The second-order valence-electron chi connectivity index (χ2n) is 6.90. The van der Waals surface area contributed by atoms with Crippen LogP contribution in [0.3, 0.4) is 0 Å². The highest BCUT2D eigenvalue weighted by molar-refractivity contribution is 5.78. The Morgan fingerprint density at radius 1 is 1.22 bits per heavy atom. The predicted octanol–water partition coefficient (Wildman–Crippen LogP) is 2.23. The Bertz CT molecular complexity index is 779. The van der Waals surface area contributed by atoms with Crippen molar-refractivity contribution in [1.29, 1.82) is 0 Å². The lowest BCUT2D eigenvalue weighted by Crippen LogP contribution is -2.48. The van der Waals surface area contributed by atoms with E-state index in [0.717, 1.165) is 5.65 Å². The molecule has 0 aromatic carbocycles. The molecule has 2 aromatic rings. The maximum atomic E-state index is 12.1. The normalized spacial score (nSPS) is 19.5. The summed E-state index contributed by atoms with van der Waals surface area (Å²) in [7, 11) is 0. The lowest BCUT2D eigenvalue weighted by atomic mass is 9.80. The Balaban J connectivity index is 1.32. The molecule has 27 heavy (non-hydrogen) atoms. The van der Waals surface area contributed by atoms with Crippen LogP contribution >= 0.6 is 0 Å². The van der Waals surface area contributed by atoms with Gasteiger partial charge in [-0.05, 0) is 30.9 Å². The third-order valence-electron chi connectivity index (χ3n) is 4.58. The van der Waals surface area contributed by atoms with E-state index >= 15 is 0 Å². The smallest absolute Gasteiger partial charge is 0.355 e. The lowest BCUT2D eigenvalue weighted by Gasteiger charge is -2.36. The predicted molar refractivity (Wildman–Crippen MR) is 91.8 cm³/mol. The molecule has 0 unspecified atom stereocenters. The largest absolute Gasteiger partial charge is 0.389 e. The molecular weight excluding hydrogens is 361 g/mol. The number of rotatable bonds is 7. The second kappa shape index (κ2) is 7.98. The molecule has 2 heterocycles. The van der Waals surface area contributed by atoms with E-state index in [1.807, 2.05) is 35.0 Å². The van der Waals surface area contributed by atoms with E-state index in [4.69, 9.17) is 0 Å². The molecule has 1 aliphatic carbocycles. The van der Waals surface area contributed by atoms with Crippen LogP contribution in [0.25, 0.3) is 5.65 Å². The summed E-state index contributed by atoms with van der Waals surface area (Å²) in [5.41, 5.74) is 1.46. The SMILES string of the molecule is O=C(Cc1cn2ccccc2n1)NCC1CC(NC(=O)CCC(F)(F)F)C1. The quantitative estimate of drug-likeness (QED) is 0.771. The van der Waals surface area contributed by atoms with Gasteiger partial charge in [0.1, 0.15) is 5.65 Å². The number of aromatic nitrogens is 2. The van der Waals surface area contributed by atoms with Crippen LogP contribution in [-0.4, -0.2) is 40.0 Å². The lowest BCUT2D eigenvalue weighted by molar-refractivity contribution is -0.144. The first-order chi connectivity index (χ1) is 12.8. The van der Waals surface area contributed by atoms with Gasteiger partial charge in [-0.15, -0.1) is 0 Å². The van der Waals surface area contributed by atoms with Crippen molar-refractivity contribution in [1.82, 2.24) is 20.0 Å². The summed E-state index contributed by atoms with van der Waals surface area (Å²) in [6, 6.07) is 5.51. The molecule has 0 radical (unpaired) electrons. The maximum absolute atomic E-state index is 12.1. The van der Waals surface area contributed by atoms with Crippen LogP contribution in [0.5, 0.6) is 0 Å². The van der Waals surface area contributed by atoms with Gasteiger partial charge in [0.05, 0.1) is 18.5 Å². The highest BCUT2D eigenvalue weighted by Gasteiger charge is 2.32. The van der Waals surface area contributed by atoms with Gasteiger partial charge in [0, 0.05) is 31.4 Å². The highest BCUT2D eigenvalue weighted by atomic mass is 19.4. The number of pyridine rings is 1. The fraction of sp³-hybridized carbons (Fsp3) is 0.500. The molecule has 3 rings (SSSR count). The average molecular weight is 382 g/mol. The summed E-state index contributed by atoms with van der Waals surface area (Å²) >= 11 is 0. The molecule has 1 saturated carbocycles. The molecule has 0 bridgehead atoms. The molecule has 1 fully saturated rings. The second-order valence-corrected chi connectivity index (χ2v) is 6.90. The average Bonchev–Trinajstić information content (AvgIpc) is 2.96. The van der Waals surface area contributed by atoms with Gasteiger partial charge in [-0.2, -0.15) is 13.2 Å². The van der Waals surface area contributed by atoms with Gasteiger partial charge in [-0.3, -0.25) is 9.59 Å². The number of hydrogen-bond acceptors (Lipinski definition) is 3. The minimum absolute atomic E-state index is 0.105. The van der Waals surface area contributed by atoms with Crippen molar-refractivity contribution in [2.24, 2.45) is 5.92 Å². The van der Waals surface area contributed by atoms with Crippen LogP contribution in [0.4, 0.5) is 13.2 Å². The van der Waals surface area contributed by atoms with Crippen molar-refractivity contribution in [3.8, 4) is 0 Å². The molecule has 9 heteroatoms. The first-order valence-electron chi connectivity index (χ1n) is 8.84. The Morgan fingerprint density at radius 2 is 2.00 bits per heavy atom. The van der Waals surface area contributed by atoms with Crippen LogP contribution in [0.1, 0.15) is 31.4 Å². The van der Waals surface area contributed by atoms with Crippen molar-refractivity contribution in [2.75, 3.05) is 6.54 Å². The monoisotopic (exact) mass is 382 g/mol. The van der Waals surface area contributed by atoms with Crippen LogP contribution in [-0.2, 0) is 16.0 Å². The van der Waals surface area contributed by atoms with Gasteiger partial charge < -0.3 is 15.0 Å². The van der Waals surface area contributed by atoms with E-state index in [0.29, 0.717) is 25.1 Å². The van der Waals surface area contributed by atoms with Crippen LogP contribution in [0.2, 0.25) is 0 Å². The topological polar surface area (TPSA) is 75.5 Å². The molecule has 0 spiro atoms. The van der Waals surface area contributed by atoms with Crippen LogP contribution in [0.15, 0.2) is 30.6 Å². The minimum atomic E-state index is -4.31. The molecule has 0 atom stereocenters. The molecule has 6 nitrogen and oxygen atoms in total. The zero-order chi connectivity index (χ0) is 19.4. The Hall–Kier alpha value is -2.58. The summed E-state index contributed by atoms with van der Waals surface area (Å²) in [6.07, 6.45) is -0.782. The molecule has 2 aromatic heterocycles. The van der Waals surface area contributed by atoms with E-state index in [2.05, 4.69) is 15.6 Å². The van der Waals surface area contributed by atoms with Crippen molar-refractivity contribution in [2.45, 2.75) is 44.3 Å². The summed E-state index contributed by atoms with van der Waals surface area (Å²) in [5, 5.41) is 5.44. The number of hydrogen-bond donors (Lipinski definition) is 2. The third-order valence-corrected chi connectivity index (χ3v) is 4.58. The number of alkyl halides is 3. The van der Waals surface area contributed by atoms with Crippen LogP contribution < -0.4 is 10.6 Å². The van der Waals surface area contributed by atoms with E-state index in [1.54, 1.807) is 0 Å².